The lowest BCUT2D eigenvalue weighted by Gasteiger charge is -2.35. The highest BCUT2D eigenvalue weighted by Gasteiger charge is 2.51. The monoisotopic (exact) mass is 977 g/mol. The maximum absolute atomic E-state index is 16.8. The van der Waals surface area contributed by atoms with E-state index in [1.54, 1.807) is 41.3 Å². The number of aromatic nitrogens is 3. The number of ether oxygens (including phenoxy) is 2. The van der Waals surface area contributed by atoms with Crippen LogP contribution in [0.5, 0.6) is 6.01 Å². The summed E-state index contributed by atoms with van der Waals surface area (Å²) in [5.74, 6) is 1.48. The van der Waals surface area contributed by atoms with E-state index in [1.807, 2.05) is 18.2 Å². The van der Waals surface area contributed by atoms with Crippen molar-refractivity contribution in [3.8, 4) is 29.6 Å². The van der Waals surface area contributed by atoms with E-state index in [1.165, 1.54) is 17.2 Å². The zero-order chi connectivity index (χ0) is 49.8. The predicted molar refractivity (Wildman–Crippen MR) is 266 cm³/mol. The normalized spacial score (nSPS) is 25.1. The van der Waals surface area contributed by atoms with Crippen LogP contribution in [0.2, 0.25) is 0 Å². The lowest BCUT2D eigenvalue weighted by molar-refractivity contribution is -0.137. The molecule has 0 aliphatic carbocycles. The van der Waals surface area contributed by atoms with Crippen LogP contribution in [-0.2, 0) is 25.7 Å². The summed E-state index contributed by atoms with van der Waals surface area (Å²) in [6.45, 7) is 9.51. The van der Waals surface area contributed by atoms with Crippen LogP contribution in [0.15, 0.2) is 66.9 Å². The largest absolute Gasteiger partial charge is 0.461 e. The Hall–Kier alpha value is -6.87. The number of hydrogen-bond donors (Lipinski definition) is 2. The summed E-state index contributed by atoms with van der Waals surface area (Å²) in [4.78, 5) is 69.2. The molecule has 2 N–H and O–H groups in total. The number of methoxy groups -OCH3 is 1. The van der Waals surface area contributed by atoms with Crippen molar-refractivity contribution in [2.75, 3.05) is 57.9 Å². The minimum atomic E-state index is -0.626. The summed E-state index contributed by atoms with van der Waals surface area (Å²) in [6, 6.07) is 14.7. The summed E-state index contributed by atoms with van der Waals surface area (Å²) in [5.41, 5.74) is 4.34. The van der Waals surface area contributed by atoms with Gasteiger partial charge in [-0.2, -0.15) is 9.97 Å². The zero-order valence-corrected chi connectivity index (χ0v) is 40.3. The smallest absolute Gasteiger partial charge is 0.319 e. The third kappa shape index (κ3) is 8.62. The van der Waals surface area contributed by atoms with Crippen LogP contribution >= 0.6 is 0 Å². The summed E-state index contributed by atoms with van der Waals surface area (Å²) in [7, 11) is 1.73. The number of likely N-dealkylation sites (tertiary alicyclic amines) is 1. The number of piperazine rings is 1. The van der Waals surface area contributed by atoms with Crippen molar-refractivity contribution < 1.29 is 37.4 Å². The maximum Gasteiger partial charge on any atom is 0.319 e. The van der Waals surface area contributed by atoms with Crippen LogP contribution in [0.25, 0.3) is 32.9 Å². The molecule has 3 aromatic carbocycles. The van der Waals surface area contributed by atoms with Crippen LogP contribution < -0.4 is 20.3 Å². The molecule has 0 saturated carbocycles. The number of rotatable bonds is 10. The van der Waals surface area contributed by atoms with Crippen molar-refractivity contribution in [3.05, 3.63) is 101 Å². The molecule has 0 spiro atoms. The summed E-state index contributed by atoms with van der Waals surface area (Å²) >= 11 is 0. The second-order valence-corrected chi connectivity index (χ2v) is 20.5. The minimum absolute atomic E-state index is 0.0474. The first-order chi connectivity index (χ1) is 34.9. The molecule has 5 atom stereocenters. The van der Waals surface area contributed by atoms with Crippen LogP contribution in [0, 0.1) is 24.0 Å². The van der Waals surface area contributed by atoms with Crippen LogP contribution in [0.3, 0.4) is 0 Å². The van der Waals surface area contributed by atoms with Gasteiger partial charge in [0.05, 0.1) is 23.1 Å². The highest BCUT2D eigenvalue weighted by atomic mass is 19.1. The number of halogens is 2. The number of pyridine rings is 1. The molecule has 4 amide bonds. The maximum atomic E-state index is 16.8. The van der Waals surface area contributed by atoms with Gasteiger partial charge in [-0.05, 0) is 85.9 Å². The van der Waals surface area contributed by atoms with Gasteiger partial charge in [0.15, 0.2) is 5.82 Å². The predicted octanol–water partition coefficient (Wildman–Crippen LogP) is 6.02. The van der Waals surface area contributed by atoms with Gasteiger partial charge in [0, 0.05) is 93.6 Å². The van der Waals surface area contributed by atoms with Crippen molar-refractivity contribution in [1.82, 2.24) is 40.3 Å². The number of fused-ring (bicyclic) bond motifs is 6. The summed E-state index contributed by atoms with van der Waals surface area (Å²) in [5, 5.41) is 7.62. The van der Waals surface area contributed by atoms with Gasteiger partial charge in [0.1, 0.15) is 35.5 Å². The Morgan fingerprint density at radius 3 is 2.53 bits per heavy atom. The Bertz CT molecular complexity index is 3070. The van der Waals surface area contributed by atoms with Crippen molar-refractivity contribution in [1.29, 1.82) is 0 Å². The fraction of sp³-hybridized carbons (Fsp3) is 0.436. The second-order valence-electron chi connectivity index (χ2n) is 20.5. The summed E-state index contributed by atoms with van der Waals surface area (Å²) < 4.78 is 43.6. The van der Waals surface area contributed by atoms with Gasteiger partial charge < -0.3 is 29.5 Å². The second kappa shape index (κ2) is 19.3. The van der Waals surface area contributed by atoms with E-state index in [0.29, 0.717) is 83.3 Å². The number of nitrogens with zero attached hydrogens (tertiary/aromatic N) is 7. The third-order valence-corrected chi connectivity index (χ3v) is 16.0. The average molecular weight is 978 g/mol. The Kier molecular flexibility index (Phi) is 12.7. The van der Waals surface area contributed by atoms with Crippen molar-refractivity contribution in [2.45, 2.75) is 100.0 Å². The molecule has 6 fully saturated rings. The molecule has 72 heavy (non-hydrogen) atoms. The summed E-state index contributed by atoms with van der Waals surface area (Å²) in [6.07, 6.45) is 15.7. The molecule has 9 heterocycles. The Labute approximate surface area is 416 Å². The van der Waals surface area contributed by atoms with Gasteiger partial charge >= 0.3 is 6.01 Å². The van der Waals surface area contributed by atoms with E-state index in [9.17, 15) is 23.6 Å². The van der Waals surface area contributed by atoms with Crippen LogP contribution in [0.1, 0.15) is 90.8 Å². The molecule has 7 aliphatic rings. The lowest BCUT2D eigenvalue weighted by Crippen LogP contribution is -2.52. The number of piperidine rings is 2. The van der Waals surface area contributed by atoms with Gasteiger partial charge in [-0.1, -0.05) is 54.5 Å². The molecule has 2 aromatic heterocycles. The Morgan fingerprint density at radius 2 is 1.78 bits per heavy atom. The molecule has 0 radical (unpaired) electrons. The van der Waals surface area contributed by atoms with Crippen molar-refractivity contribution in [2.24, 2.45) is 0 Å². The van der Waals surface area contributed by atoms with Gasteiger partial charge in [-0.15, -0.1) is 6.42 Å². The van der Waals surface area contributed by atoms with Crippen molar-refractivity contribution >= 4 is 51.6 Å². The molecule has 15 nitrogen and oxygen atoms in total. The minimum Gasteiger partial charge on any atom is -0.461 e. The lowest BCUT2D eigenvalue weighted by atomic mass is 9.88. The fourth-order valence-electron chi connectivity index (χ4n) is 12.5. The van der Waals surface area contributed by atoms with E-state index in [0.717, 1.165) is 89.6 Å². The van der Waals surface area contributed by atoms with E-state index in [-0.39, 0.29) is 52.5 Å². The highest BCUT2D eigenvalue weighted by Crippen LogP contribution is 2.45. The molecule has 5 unspecified atom stereocenters. The van der Waals surface area contributed by atoms with Gasteiger partial charge in [0.25, 0.3) is 5.91 Å². The van der Waals surface area contributed by atoms with Crippen molar-refractivity contribution in [3.63, 3.8) is 0 Å². The molecule has 5 aromatic rings. The topological polar surface area (TPSA) is 162 Å². The number of imide groups is 1. The SMILES string of the molecule is C#Cc1c(F)ccc2cccc(-c3ncc4c(N5CC6CCC(C5)N6)nc(OCC56CCC(COC)N5CC(=C)C6)nc4c3F)c12.O=CN1CCC(c2ccc3c(c2)CN(C2CCC(=O)NC2=O)C3=O)CC1. The first-order valence-electron chi connectivity index (χ1n) is 25.0. The first-order valence-corrected chi connectivity index (χ1v) is 25.0. The molecule has 372 valence electrons. The molecule has 6 saturated heterocycles. The van der Waals surface area contributed by atoms with Crippen LogP contribution in [-0.4, -0.2) is 137 Å². The molecular formula is C55H57F2N9O6. The first kappa shape index (κ1) is 47.5. The van der Waals surface area contributed by atoms with E-state index in [2.05, 4.69) is 49.0 Å². The highest BCUT2D eigenvalue weighted by molar-refractivity contribution is 6.05. The fourth-order valence-corrected chi connectivity index (χ4v) is 12.5. The standard InChI is InChI=1S/C36H36F2N6O2.C19H21N3O4/c1-4-26-29(37)11-8-22-6-5-7-27(30(22)26)32-31(38)33-28(15-39-32)34(43-17-23-9-10-24(18-43)40-23)42-35(41-33)46-20-36-13-12-25(19-45-3)44(36)16-21(2)14-36;23-11-21-7-5-12(6-8-21)13-1-2-15-14(9-13)10-22(19(15)26)16-3-4-17(24)20-18(16)25/h1,5-8,11,15,23-25,40H,2,9-10,12-14,16-20H2,3H3;1-2,9,11-12,16H,3-8,10H2,(H,20,24,25). The number of carbonyl (C=O) groups excluding carboxylic acids is 4. The number of anilines is 1. The quantitative estimate of drug-likeness (QED) is 0.0727. The number of benzene rings is 3. The Morgan fingerprint density at radius 1 is 0.972 bits per heavy atom. The molecule has 12 rings (SSSR count). The van der Waals surface area contributed by atoms with E-state index >= 15 is 4.39 Å². The number of carbonyl (C=O) groups is 4. The zero-order valence-electron chi connectivity index (χ0n) is 40.3. The number of hydrogen-bond acceptors (Lipinski definition) is 12. The molecule has 17 heteroatoms. The number of terminal acetylenes is 1. The van der Waals surface area contributed by atoms with Gasteiger partial charge in [0.2, 0.25) is 18.2 Å². The third-order valence-electron chi connectivity index (χ3n) is 16.0. The number of amides is 4. The molecule has 7 aliphatic heterocycles. The van der Waals surface area contributed by atoms with E-state index < -0.39 is 17.7 Å². The van der Waals surface area contributed by atoms with Gasteiger partial charge in [-0.25, -0.2) is 8.78 Å². The Balaban J connectivity index is 0.000000182. The molecule has 2 bridgehead atoms. The van der Waals surface area contributed by atoms with Crippen LogP contribution in [0.4, 0.5) is 14.6 Å². The number of nitrogens with one attached hydrogen (secondary N) is 2. The van der Waals surface area contributed by atoms with E-state index in [4.69, 9.17) is 20.9 Å². The molecular weight excluding hydrogens is 921 g/mol. The average Bonchev–Trinajstić information content (AvgIpc) is 4.12. The van der Waals surface area contributed by atoms with Gasteiger partial charge in [-0.3, -0.25) is 34.4 Å².